The summed E-state index contributed by atoms with van der Waals surface area (Å²) in [7, 11) is -4.69. The van der Waals surface area contributed by atoms with Gasteiger partial charge in [-0.2, -0.15) is 4.98 Å². The molecule has 3 N–H and O–H groups in total. The number of nitrogens with one attached hydrogen (secondary N) is 3. The van der Waals surface area contributed by atoms with Crippen molar-refractivity contribution in [3.8, 4) is 5.88 Å². The summed E-state index contributed by atoms with van der Waals surface area (Å²) >= 11 is 6.26. The number of rotatable bonds is 12. The molecule has 0 spiro atoms. The molecule has 0 bridgehead atoms. The first-order valence-corrected chi connectivity index (χ1v) is 23.9. The van der Waals surface area contributed by atoms with Crippen LogP contribution in [0.15, 0.2) is 89.5 Å². The van der Waals surface area contributed by atoms with Gasteiger partial charge < -0.3 is 29.4 Å². The van der Waals surface area contributed by atoms with Crippen molar-refractivity contribution in [2.45, 2.75) is 50.5 Å². The highest BCUT2D eigenvalue weighted by Gasteiger charge is 2.34. The summed E-state index contributed by atoms with van der Waals surface area (Å²) in [6, 6.07) is 20.0. The molecule has 0 radical (unpaired) electrons. The van der Waals surface area contributed by atoms with Gasteiger partial charge in [-0.15, -0.1) is 0 Å². The summed E-state index contributed by atoms with van der Waals surface area (Å²) in [6.45, 7) is 9.66. The van der Waals surface area contributed by atoms with Crippen LogP contribution in [-0.4, -0.2) is 112 Å². The Bertz CT molecular complexity index is 2820. The van der Waals surface area contributed by atoms with Crippen LogP contribution in [-0.2, 0) is 24.3 Å². The number of nitro benzene ring substituents is 1. The maximum absolute atomic E-state index is 14.4. The van der Waals surface area contributed by atoms with E-state index in [0.29, 0.717) is 49.0 Å². The fourth-order valence-corrected chi connectivity index (χ4v) is 10.2. The maximum Gasteiger partial charge on any atom is 0.293 e. The molecule has 2 fully saturated rings. The Morgan fingerprint density at radius 2 is 1.79 bits per heavy atom. The second-order valence-electron chi connectivity index (χ2n) is 17.8. The first-order valence-electron chi connectivity index (χ1n) is 22.0. The van der Waals surface area contributed by atoms with Gasteiger partial charge in [-0.1, -0.05) is 43.2 Å². The Labute approximate surface area is 387 Å². The van der Waals surface area contributed by atoms with Gasteiger partial charge in [0.1, 0.15) is 17.0 Å². The van der Waals surface area contributed by atoms with Crippen LogP contribution in [0.5, 0.6) is 5.88 Å². The first-order chi connectivity index (χ1) is 31.7. The lowest BCUT2D eigenvalue weighted by molar-refractivity contribution is -0.384. The second-order valence-corrected chi connectivity index (χ2v) is 19.9. The van der Waals surface area contributed by atoms with Crippen molar-refractivity contribution in [1.82, 2.24) is 19.6 Å². The van der Waals surface area contributed by atoms with E-state index in [4.69, 9.17) is 25.8 Å². The van der Waals surface area contributed by atoms with E-state index in [9.17, 15) is 28.1 Å². The normalized spacial score (nSPS) is 19.3. The Hall–Kier alpha value is -6.05. The van der Waals surface area contributed by atoms with Crippen molar-refractivity contribution in [3.05, 3.63) is 111 Å². The Morgan fingerprint density at radius 3 is 2.55 bits per heavy atom. The average molecular weight is 939 g/mol. The molecule has 19 heteroatoms. The van der Waals surface area contributed by atoms with E-state index in [-0.39, 0.29) is 59.6 Å². The zero-order valence-electron chi connectivity index (χ0n) is 36.7. The van der Waals surface area contributed by atoms with Gasteiger partial charge in [0.2, 0.25) is 11.8 Å². The molecule has 4 aliphatic rings. The zero-order chi connectivity index (χ0) is 46.2. The van der Waals surface area contributed by atoms with Crippen molar-refractivity contribution in [2.75, 3.05) is 80.8 Å². The molecule has 66 heavy (non-hydrogen) atoms. The molecule has 3 aliphatic heterocycles. The van der Waals surface area contributed by atoms with Crippen LogP contribution >= 0.6 is 11.6 Å². The van der Waals surface area contributed by atoms with Gasteiger partial charge in [0.05, 0.1) is 60.0 Å². The molecule has 1 aliphatic carbocycles. The number of piperazine rings is 1. The van der Waals surface area contributed by atoms with Crippen LogP contribution in [0.4, 0.5) is 28.4 Å². The molecule has 2 aromatic heterocycles. The number of H-pyrrole nitrogens is 1. The number of aromatic nitrogens is 2. The van der Waals surface area contributed by atoms with Crippen molar-refractivity contribution >= 4 is 78.5 Å². The number of halogens is 1. The number of anilines is 4. The molecule has 0 unspecified atom stereocenters. The van der Waals surface area contributed by atoms with Gasteiger partial charge >= 0.3 is 0 Å². The quantitative estimate of drug-likeness (QED) is 0.0832. The number of aromatic amines is 1. The average Bonchev–Trinajstić information content (AvgIpc) is 3.70. The minimum Gasteiger partial charge on any atom is -0.476 e. The standard InChI is InChI=1S/C47H51ClN8O9S/c1-47(2)14-11-32(38(26-47)30-3-5-33(48)6-4-30)28-53-16-18-54(19-17-53)34-7-9-37(40(24-34)55-42-23-31-12-15-49-44(31)51-46(42)65-20-13-43(55)57)45(58)52-66(61,62)36-8-10-39(41(25-36)56(59)60)50-27-35-29-63-21-22-64-35/h3-10,12,15,23-25,35,50H,11,13-14,16-22,26-29H2,1-2H3,(H,49,51)(H,52,58)/t35-/m0/s1. The van der Waals surface area contributed by atoms with E-state index in [0.717, 1.165) is 50.7 Å². The highest BCUT2D eigenvalue weighted by molar-refractivity contribution is 7.90. The molecule has 0 saturated carbocycles. The number of ether oxygens (including phenoxy) is 3. The van der Waals surface area contributed by atoms with E-state index in [1.54, 1.807) is 30.5 Å². The number of hydrogen-bond donors (Lipinski definition) is 3. The number of nitro groups is 1. The molecule has 5 aromatic rings. The first kappa shape index (κ1) is 45.1. The molecule has 5 heterocycles. The van der Waals surface area contributed by atoms with Gasteiger partial charge in [-0.05, 0) is 90.4 Å². The minimum atomic E-state index is -4.69. The second kappa shape index (κ2) is 18.7. The van der Waals surface area contributed by atoms with Crippen LogP contribution in [0.2, 0.25) is 5.02 Å². The Kier molecular flexibility index (Phi) is 12.8. The monoisotopic (exact) mass is 938 g/mol. The third kappa shape index (κ3) is 9.73. The highest BCUT2D eigenvalue weighted by Crippen LogP contribution is 2.44. The number of carbonyl (C=O) groups excluding carboxylic acids is 2. The predicted molar refractivity (Wildman–Crippen MR) is 251 cm³/mol. The van der Waals surface area contributed by atoms with Gasteiger partial charge in [-0.25, -0.2) is 13.1 Å². The zero-order valence-corrected chi connectivity index (χ0v) is 38.3. The van der Waals surface area contributed by atoms with E-state index < -0.39 is 37.3 Å². The van der Waals surface area contributed by atoms with E-state index in [2.05, 4.69) is 55.8 Å². The highest BCUT2D eigenvalue weighted by atomic mass is 35.5. The molecule has 346 valence electrons. The lowest BCUT2D eigenvalue weighted by atomic mass is 9.72. The molecule has 2 saturated heterocycles. The Morgan fingerprint density at radius 1 is 0.985 bits per heavy atom. The molecule has 1 atom stereocenters. The lowest BCUT2D eigenvalue weighted by Crippen LogP contribution is -2.47. The van der Waals surface area contributed by atoms with Crippen LogP contribution in [0.3, 0.4) is 0 Å². The number of benzene rings is 3. The van der Waals surface area contributed by atoms with E-state index in [1.807, 2.05) is 12.1 Å². The van der Waals surface area contributed by atoms with Crippen LogP contribution in [0, 0.1) is 15.5 Å². The number of amides is 2. The van der Waals surface area contributed by atoms with Crippen molar-refractivity contribution in [2.24, 2.45) is 5.41 Å². The fraction of sp³-hybridized carbons (Fsp3) is 0.383. The van der Waals surface area contributed by atoms with E-state index >= 15 is 0 Å². The van der Waals surface area contributed by atoms with E-state index in [1.165, 1.54) is 39.8 Å². The summed E-state index contributed by atoms with van der Waals surface area (Å²) < 4.78 is 46.9. The van der Waals surface area contributed by atoms with Crippen LogP contribution < -0.4 is 24.6 Å². The van der Waals surface area contributed by atoms with Gasteiger partial charge in [0.15, 0.2) is 0 Å². The predicted octanol–water partition coefficient (Wildman–Crippen LogP) is 7.30. The smallest absolute Gasteiger partial charge is 0.293 e. The number of nitrogens with zero attached hydrogens (tertiary/aromatic N) is 5. The molecule has 17 nitrogen and oxygen atoms in total. The number of sulfonamides is 1. The molecule has 9 rings (SSSR count). The number of fused-ring (bicyclic) bond motifs is 2. The largest absolute Gasteiger partial charge is 0.476 e. The summed E-state index contributed by atoms with van der Waals surface area (Å²) in [6.07, 6.45) is 4.41. The number of hydrogen-bond acceptors (Lipinski definition) is 13. The lowest BCUT2D eigenvalue weighted by Gasteiger charge is -2.39. The maximum atomic E-state index is 14.4. The number of allylic oxidation sites excluding steroid dienone is 1. The third-order valence-corrected chi connectivity index (χ3v) is 14.2. The van der Waals surface area contributed by atoms with Crippen LogP contribution in [0.1, 0.15) is 55.5 Å². The summed E-state index contributed by atoms with van der Waals surface area (Å²) in [5.74, 6) is -1.28. The molecular formula is C47H51ClN8O9S. The Balaban J connectivity index is 1.00. The SMILES string of the molecule is CC1(C)CCC(CN2CCN(c3ccc(C(=O)NS(=O)(=O)c4ccc(NC[C@H]5COCCO5)c([N+](=O)[O-])c4)c(N4C(=O)CCOc5nc6[nH]ccc6cc54)c3)CC2)=C(c2ccc(Cl)cc2)C1. The third-order valence-electron chi connectivity index (χ3n) is 12.6. The van der Waals surface area contributed by atoms with Gasteiger partial charge in [0, 0.05) is 67.6 Å². The van der Waals surface area contributed by atoms with Crippen molar-refractivity contribution in [3.63, 3.8) is 0 Å². The fourth-order valence-electron chi connectivity index (χ4n) is 9.05. The topological polar surface area (TPSA) is 202 Å². The number of carbonyl (C=O) groups is 2. The summed E-state index contributed by atoms with van der Waals surface area (Å²) in [5, 5.41) is 16.5. The summed E-state index contributed by atoms with van der Waals surface area (Å²) in [5.41, 5.74) is 5.33. The molecule has 3 aromatic carbocycles. The summed E-state index contributed by atoms with van der Waals surface area (Å²) in [4.78, 5) is 53.2. The van der Waals surface area contributed by atoms with Crippen LogP contribution in [0.25, 0.3) is 16.6 Å². The number of pyridine rings is 1. The van der Waals surface area contributed by atoms with Gasteiger partial charge in [0.25, 0.3) is 21.6 Å². The molecular weight excluding hydrogens is 888 g/mol. The molecule has 2 amide bonds. The van der Waals surface area contributed by atoms with Gasteiger partial charge in [-0.3, -0.25) is 29.5 Å². The van der Waals surface area contributed by atoms with Crippen molar-refractivity contribution < 1.29 is 37.1 Å². The minimum absolute atomic E-state index is 0.0257. The van der Waals surface area contributed by atoms with Crippen molar-refractivity contribution in [1.29, 1.82) is 0 Å².